The molecule has 1 unspecified atom stereocenters. The van der Waals surface area contributed by atoms with Gasteiger partial charge in [0.1, 0.15) is 5.75 Å². The maximum Gasteiger partial charge on any atom is 0.307 e. The standard InChI is InChI=1S/C11H14ClNO5S/c1-7(11(14)15)6-13-19(16,17)8-3-4-10(18-2)9(12)5-8/h3-5,7,13H,6H2,1-2H3,(H,14,15). The van der Waals surface area contributed by atoms with Gasteiger partial charge in [-0.2, -0.15) is 0 Å². The molecule has 1 rings (SSSR count). The molecule has 1 atom stereocenters. The lowest BCUT2D eigenvalue weighted by Crippen LogP contribution is -2.31. The maximum atomic E-state index is 11.9. The van der Waals surface area contributed by atoms with Crippen LogP contribution in [0.2, 0.25) is 5.02 Å². The van der Waals surface area contributed by atoms with Gasteiger partial charge in [-0.15, -0.1) is 0 Å². The van der Waals surface area contributed by atoms with Gasteiger partial charge >= 0.3 is 5.97 Å². The number of halogens is 1. The summed E-state index contributed by atoms with van der Waals surface area (Å²) >= 11 is 5.84. The molecule has 19 heavy (non-hydrogen) atoms. The van der Waals surface area contributed by atoms with E-state index in [0.717, 1.165) is 0 Å². The van der Waals surface area contributed by atoms with Gasteiger partial charge in [-0.1, -0.05) is 18.5 Å². The summed E-state index contributed by atoms with van der Waals surface area (Å²) in [7, 11) is -2.37. The molecule has 0 fully saturated rings. The summed E-state index contributed by atoms with van der Waals surface area (Å²) in [6, 6.07) is 4.00. The lowest BCUT2D eigenvalue weighted by Gasteiger charge is -2.10. The lowest BCUT2D eigenvalue weighted by molar-refractivity contribution is -0.140. The summed E-state index contributed by atoms with van der Waals surface area (Å²) < 4.78 is 30.9. The van der Waals surface area contributed by atoms with E-state index in [1.165, 1.54) is 32.2 Å². The molecule has 0 saturated carbocycles. The van der Waals surface area contributed by atoms with Crippen LogP contribution in [0, 0.1) is 5.92 Å². The fraction of sp³-hybridized carbons (Fsp3) is 0.364. The highest BCUT2D eigenvalue weighted by atomic mass is 35.5. The van der Waals surface area contributed by atoms with Gasteiger partial charge in [0.25, 0.3) is 0 Å². The summed E-state index contributed by atoms with van der Waals surface area (Å²) in [5, 5.41) is 8.85. The largest absolute Gasteiger partial charge is 0.495 e. The Balaban J connectivity index is 2.89. The second-order valence-corrected chi connectivity index (χ2v) is 6.06. The molecule has 0 spiro atoms. The molecule has 1 aromatic carbocycles. The van der Waals surface area contributed by atoms with E-state index in [9.17, 15) is 13.2 Å². The van der Waals surface area contributed by atoms with E-state index < -0.39 is 21.9 Å². The van der Waals surface area contributed by atoms with E-state index in [-0.39, 0.29) is 16.5 Å². The molecule has 8 heteroatoms. The zero-order chi connectivity index (χ0) is 14.6. The third-order valence-corrected chi connectivity index (χ3v) is 4.15. The first-order chi connectivity index (χ1) is 8.77. The smallest absolute Gasteiger partial charge is 0.307 e. The van der Waals surface area contributed by atoms with Crippen LogP contribution in [0.15, 0.2) is 23.1 Å². The van der Waals surface area contributed by atoms with E-state index in [1.807, 2.05) is 0 Å². The monoisotopic (exact) mass is 307 g/mol. The number of carbonyl (C=O) groups is 1. The summed E-state index contributed by atoms with van der Waals surface area (Å²) in [5.41, 5.74) is 0. The van der Waals surface area contributed by atoms with Crippen molar-refractivity contribution < 1.29 is 23.1 Å². The van der Waals surface area contributed by atoms with Crippen molar-refractivity contribution in [1.82, 2.24) is 4.72 Å². The van der Waals surface area contributed by atoms with Crippen LogP contribution in [-0.4, -0.2) is 33.1 Å². The molecule has 0 aliphatic rings. The third-order valence-electron chi connectivity index (χ3n) is 2.43. The highest BCUT2D eigenvalue weighted by Crippen LogP contribution is 2.26. The number of hydrogen-bond acceptors (Lipinski definition) is 4. The predicted octanol–water partition coefficient (Wildman–Crippen LogP) is 1.35. The Morgan fingerprint density at radius 1 is 1.53 bits per heavy atom. The Bertz CT molecular complexity index is 572. The first-order valence-electron chi connectivity index (χ1n) is 5.34. The van der Waals surface area contributed by atoms with Crippen molar-refractivity contribution >= 4 is 27.6 Å². The maximum absolute atomic E-state index is 11.9. The normalized spacial score (nSPS) is 13.0. The molecule has 0 heterocycles. The van der Waals surface area contributed by atoms with Gasteiger partial charge in [-0.3, -0.25) is 4.79 Å². The van der Waals surface area contributed by atoms with Crippen molar-refractivity contribution in [2.24, 2.45) is 5.92 Å². The number of rotatable bonds is 6. The third kappa shape index (κ3) is 4.09. The van der Waals surface area contributed by atoms with E-state index >= 15 is 0 Å². The van der Waals surface area contributed by atoms with Gasteiger partial charge in [0.2, 0.25) is 10.0 Å². The molecule has 106 valence electrons. The van der Waals surface area contributed by atoms with E-state index in [1.54, 1.807) is 0 Å². The van der Waals surface area contributed by atoms with Crippen molar-refractivity contribution in [2.45, 2.75) is 11.8 Å². The molecule has 6 nitrogen and oxygen atoms in total. The topological polar surface area (TPSA) is 92.7 Å². The number of ether oxygens (including phenoxy) is 1. The molecule has 1 aromatic rings. The van der Waals surface area contributed by atoms with Crippen LogP contribution in [0.25, 0.3) is 0 Å². The molecule has 0 aliphatic heterocycles. The summed E-state index contributed by atoms with van der Waals surface area (Å²) in [5.74, 6) is -1.53. The van der Waals surface area contributed by atoms with Crippen molar-refractivity contribution in [3.63, 3.8) is 0 Å². The van der Waals surface area contributed by atoms with Crippen LogP contribution in [0.5, 0.6) is 5.75 Å². The number of methoxy groups -OCH3 is 1. The minimum absolute atomic E-state index is 0.0455. The average molecular weight is 308 g/mol. The molecule has 0 aromatic heterocycles. The van der Waals surface area contributed by atoms with E-state index in [4.69, 9.17) is 21.4 Å². The van der Waals surface area contributed by atoms with Crippen LogP contribution >= 0.6 is 11.6 Å². The first-order valence-corrected chi connectivity index (χ1v) is 7.20. The number of carboxylic acids is 1. The molecule has 0 radical (unpaired) electrons. The van der Waals surface area contributed by atoms with Gasteiger partial charge < -0.3 is 9.84 Å². The van der Waals surface area contributed by atoms with Crippen LogP contribution in [0.4, 0.5) is 0 Å². The molecule has 0 bridgehead atoms. The minimum atomic E-state index is -3.79. The van der Waals surface area contributed by atoms with Gasteiger partial charge in [-0.05, 0) is 18.2 Å². The fourth-order valence-corrected chi connectivity index (χ4v) is 2.70. The predicted molar refractivity (Wildman–Crippen MR) is 70.0 cm³/mol. The first kappa shape index (κ1) is 15.7. The van der Waals surface area contributed by atoms with Crippen molar-refractivity contribution in [1.29, 1.82) is 0 Å². The molecular weight excluding hydrogens is 294 g/mol. The number of nitrogens with one attached hydrogen (secondary N) is 1. The average Bonchev–Trinajstić information content (AvgIpc) is 2.35. The van der Waals surface area contributed by atoms with Crippen LogP contribution in [0.1, 0.15) is 6.92 Å². The quantitative estimate of drug-likeness (QED) is 0.827. The number of benzene rings is 1. The van der Waals surface area contributed by atoms with Crippen molar-refractivity contribution in [3.05, 3.63) is 23.2 Å². The number of sulfonamides is 1. The Hall–Kier alpha value is -1.31. The molecular formula is C11H14ClNO5S. The Labute approximate surface area is 116 Å². The summed E-state index contributed by atoms with van der Waals surface area (Å²) in [6.45, 7) is 1.22. The Morgan fingerprint density at radius 3 is 2.63 bits per heavy atom. The highest BCUT2D eigenvalue weighted by molar-refractivity contribution is 7.89. The van der Waals surface area contributed by atoms with Gasteiger partial charge in [-0.25, -0.2) is 13.1 Å². The molecule has 2 N–H and O–H groups in total. The highest BCUT2D eigenvalue weighted by Gasteiger charge is 2.19. The summed E-state index contributed by atoms with van der Waals surface area (Å²) in [4.78, 5) is 10.6. The van der Waals surface area contributed by atoms with Crippen LogP contribution in [-0.2, 0) is 14.8 Å². The van der Waals surface area contributed by atoms with Crippen LogP contribution < -0.4 is 9.46 Å². The van der Waals surface area contributed by atoms with E-state index in [2.05, 4.69) is 4.72 Å². The van der Waals surface area contributed by atoms with Gasteiger partial charge in [0.05, 0.1) is 22.9 Å². The van der Waals surface area contributed by atoms with Crippen LogP contribution in [0.3, 0.4) is 0 Å². The number of aliphatic carboxylic acids is 1. The Morgan fingerprint density at radius 2 is 2.16 bits per heavy atom. The van der Waals surface area contributed by atoms with Gasteiger partial charge in [0, 0.05) is 6.54 Å². The molecule has 0 saturated heterocycles. The second-order valence-electron chi connectivity index (χ2n) is 3.89. The van der Waals surface area contributed by atoms with Gasteiger partial charge in [0.15, 0.2) is 0 Å². The lowest BCUT2D eigenvalue weighted by atomic mass is 10.2. The zero-order valence-electron chi connectivity index (χ0n) is 10.4. The van der Waals surface area contributed by atoms with Crippen molar-refractivity contribution in [2.75, 3.05) is 13.7 Å². The number of hydrogen-bond donors (Lipinski definition) is 2. The molecule has 0 aliphatic carbocycles. The zero-order valence-corrected chi connectivity index (χ0v) is 12.0. The Kier molecular flexibility index (Phi) is 5.16. The SMILES string of the molecule is COc1ccc(S(=O)(=O)NCC(C)C(=O)O)cc1Cl. The second kappa shape index (κ2) is 6.23. The minimum Gasteiger partial charge on any atom is -0.495 e. The number of carboxylic acid groups (broad SMARTS) is 1. The summed E-state index contributed by atoms with van der Waals surface area (Å²) in [6.07, 6.45) is 0. The molecule has 0 amide bonds. The van der Waals surface area contributed by atoms with E-state index in [0.29, 0.717) is 5.75 Å². The fourth-order valence-electron chi connectivity index (χ4n) is 1.22. The van der Waals surface area contributed by atoms with Crippen molar-refractivity contribution in [3.8, 4) is 5.75 Å².